The molecule has 2 heteroatoms. The summed E-state index contributed by atoms with van der Waals surface area (Å²) in [5.41, 5.74) is 5.45. The second-order valence-corrected chi connectivity index (χ2v) is 5.44. The normalized spacial score (nSPS) is 9.65. The lowest BCUT2D eigenvalue weighted by Gasteiger charge is -2.02. The minimum atomic E-state index is 0.329. The Morgan fingerprint density at radius 2 is 1.04 bits per heavy atom. The minimum Gasteiger partial charge on any atom is -0.508 e. The second kappa shape index (κ2) is 7.95. The molecular formula is C21H20O2. The van der Waals surface area contributed by atoms with Gasteiger partial charge in [0.2, 0.25) is 0 Å². The maximum absolute atomic E-state index is 10.5. The average molecular weight is 304 g/mol. The molecule has 0 radical (unpaired) electrons. The largest absolute Gasteiger partial charge is 0.508 e. The molecule has 3 aromatic rings. The maximum Gasteiger partial charge on any atom is 0.150 e. The number of benzene rings is 3. The van der Waals surface area contributed by atoms with Crippen molar-refractivity contribution in [2.45, 2.75) is 13.8 Å². The van der Waals surface area contributed by atoms with Gasteiger partial charge in [-0.05, 0) is 37.1 Å². The van der Waals surface area contributed by atoms with Crippen molar-refractivity contribution in [3.05, 3.63) is 89.5 Å². The number of phenols is 1. The Morgan fingerprint density at radius 3 is 1.43 bits per heavy atom. The van der Waals surface area contributed by atoms with Crippen LogP contribution < -0.4 is 0 Å². The average Bonchev–Trinajstić information content (AvgIpc) is 2.59. The molecule has 0 saturated carbocycles. The fourth-order valence-electron chi connectivity index (χ4n) is 2.04. The van der Waals surface area contributed by atoms with Crippen LogP contribution in [0.5, 0.6) is 5.75 Å². The molecule has 1 N–H and O–H groups in total. The number of aldehydes is 1. The lowest BCUT2D eigenvalue weighted by molar-refractivity contribution is 0.112. The van der Waals surface area contributed by atoms with Crippen molar-refractivity contribution in [3.63, 3.8) is 0 Å². The lowest BCUT2D eigenvalue weighted by atomic mass is 10.0. The van der Waals surface area contributed by atoms with Crippen LogP contribution in [0, 0.1) is 13.8 Å². The predicted octanol–water partition coefficient (Wildman–Crippen LogP) is 5.18. The number of rotatable bonds is 2. The van der Waals surface area contributed by atoms with E-state index in [1.807, 2.05) is 43.3 Å². The van der Waals surface area contributed by atoms with Crippen LogP contribution in [0.1, 0.15) is 21.5 Å². The van der Waals surface area contributed by atoms with E-state index in [1.165, 1.54) is 16.7 Å². The molecule has 0 fully saturated rings. The molecule has 0 aliphatic carbocycles. The highest BCUT2D eigenvalue weighted by Gasteiger charge is 1.96. The number of hydrogen-bond acceptors (Lipinski definition) is 2. The van der Waals surface area contributed by atoms with Crippen LogP contribution in [0.2, 0.25) is 0 Å². The van der Waals surface area contributed by atoms with Crippen molar-refractivity contribution >= 4 is 6.29 Å². The zero-order valence-corrected chi connectivity index (χ0v) is 13.4. The third-order valence-corrected chi connectivity index (χ3v) is 3.47. The van der Waals surface area contributed by atoms with Crippen molar-refractivity contribution < 1.29 is 9.90 Å². The summed E-state index contributed by atoms with van der Waals surface area (Å²) in [7, 11) is 0. The maximum atomic E-state index is 10.5. The van der Waals surface area contributed by atoms with E-state index in [0.29, 0.717) is 11.3 Å². The van der Waals surface area contributed by atoms with Gasteiger partial charge >= 0.3 is 0 Å². The Kier molecular flexibility index (Phi) is 5.70. The third kappa shape index (κ3) is 5.11. The van der Waals surface area contributed by atoms with Crippen LogP contribution in [0.3, 0.4) is 0 Å². The van der Waals surface area contributed by atoms with E-state index in [1.54, 1.807) is 12.1 Å². The standard InChI is InChI=1S/C14H12O.C7H8O/c1-11-2-6-13(7-3-11)14-8-4-12(10-15)5-9-14;1-6-2-4-7(8)5-3-6/h2-10H,1H3;2-5,8H,1H3. The van der Waals surface area contributed by atoms with Gasteiger partial charge < -0.3 is 5.11 Å². The fraction of sp³-hybridized carbons (Fsp3) is 0.0952. The minimum absolute atomic E-state index is 0.329. The first-order valence-electron chi connectivity index (χ1n) is 7.46. The number of hydrogen-bond donors (Lipinski definition) is 1. The van der Waals surface area contributed by atoms with Crippen molar-refractivity contribution in [1.29, 1.82) is 0 Å². The molecule has 0 bridgehead atoms. The van der Waals surface area contributed by atoms with Gasteiger partial charge in [0.05, 0.1) is 0 Å². The van der Waals surface area contributed by atoms with E-state index >= 15 is 0 Å². The number of carbonyl (C=O) groups is 1. The molecule has 2 nitrogen and oxygen atoms in total. The highest BCUT2D eigenvalue weighted by Crippen LogP contribution is 2.19. The van der Waals surface area contributed by atoms with Crippen LogP contribution in [-0.2, 0) is 0 Å². The summed E-state index contributed by atoms with van der Waals surface area (Å²) in [4.78, 5) is 10.5. The summed E-state index contributed by atoms with van der Waals surface area (Å²) in [6.07, 6.45) is 0.860. The molecule has 0 aliphatic rings. The number of aromatic hydroxyl groups is 1. The fourth-order valence-corrected chi connectivity index (χ4v) is 2.04. The van der Waals surface area contributed by atoms with Gasteiger partial charge in [0.1, 0.15) is 12.0 Å². The van der Waals surface area contributed by atoms with E-state index < -0.39 is 0 Å². The summed E-state index contributed by atoms with van der Waals surface area (Å²) < 4.78 is 0. The van der Waals surface area contributed by atoms with E-state index in [0.717, 1.165) is 11.8 Å². The van der Waals surface area contributed by atoms with Gasteiger partial charge in [0, 0.05) is 5.56 Å². The van der Waals surface area contributed by atoms with Crippen molar-refractivity contribution in [2.24, 2.45) is 0 Å². The quantitative estimate of drug-likeness (QED) is 0.663. The van der Waals surface area contributed by atoms with Gasteiger partial charge in [0.15, 0.2) is 0 Å². The zero-order valence-electron chi connectivity index (χ0n) is 13.4. The Labute approximate surface area is 137 Å². The molecule has 0 unspecified atom stereocenters. The van der Waals surface area contributed by atoms with Gasteiger partial charge in [0.25, 0.3) is 0 Å². The Morgan fingerprint density at radius 1 is 0.652 bits per heavy atom. The van der Waals surface area contributed by atoms with Gasteiger partial charge in [-0.15, -0.1) is 0 Å². The van der Waals surface area contributed by atoms with E-state index in [4.69, 9.17) is 5.11 Å². The first kappa shape index (κ1) is 16.5. The molecule has 0 saturated heterocycles. The van der Waals surface area contributed by atoms with Gasteiger partial charge in [-0.25, -0.2) is 0 Å². The van der Waals surface area contributed by atoms with Gasteiger partial charge in [-0.3, -0.25) is 4.79 Å². The highest BCUT2D eigenvalue weighted by molar-refractivity contribution is 5.76. The molecule has 0 heterocycles. The molecule has 23 heavy (non-hydrogen) atoms. The van der Waals surface area contributed by atoms with Crippen LogP contribution in [0.15, 0.2) is 72.8 Å². The number of aryl methyl sites for hydroxylation is 2. The molecular weight excluding hydrogens is 284 g/mol. The molecule has 3 aromatic carbocycles. The Hall–Kier alpha value is -2.87. The first-order valence-corrected chi connectivity index (χ1v) is 7.46. The SMILES string of the molecule is Cc1ccc(-c2ccc(C=O)cc2)cc1.Cc1ccc(O)cc1. The Bertz CT molecular complexity index is 718. The Balaban J connectivity index is 0.000000203. The molecule has 116 valence electrons. The monoisotopic (exact) mass is 304 g/mol. The van der Waals surface area contributed by atoms with Crippen molar-refractivity contribution in [2.75, 3.05) is 0 Å². The molecule has 0 aliphatic heterocycles. The lowest BCUT2D eigenvalue weighted by Crippen LogP contribution is -1.81. The first-order chi connectivity index (χ1) is 11.1. The summed E-state index contributed by atoms with van der Waals surface area (Å²) in [5.74, 6) is 0.329. The summed E-state index contributed by atoms with van der Waals surface area (Å²) in [6.45, 7) is 4.05. The summed E-state index contributed by atoms with van der Waals surface area (Å²) >= 11 is 0. The van der Waals surface area contributed by atoms with Crippen LogP contribution >= 0.6 is 0 Å². The number of carbonyl (C=O) groups excluding carboxylic acids is 1. The molecule has 0 spiro atoms. The topological polar surface area (TPSA) is 37.3 Å². The van der Waals surface area contributed by atoms with Gasteiger partial charge in [-0.2, -0.15) is 0 Å². The predicted molar refractivity (Wildman–Crippen MR) is 94.8 cm³/mol. The summed E-state index contributed by atoms with van der Waals surface area (Å²) in [6, 6.07) is 23.0. The highest BCUT2D eigenvalue weighted by atomic mass is 16.3. The molecule has 0 amide bonds. The molecule has 0 aromatic heterocycles. The van der Waals surface area contributed by atoms with Crippen LogP contribution in [0.4, 0.5) is 0 Å². The summed E-state index contributed by atoms with van der Waals surface area (Å²) in [5, 5.41) is 8.76. The number of phenolic OH excluding ortho intramolecular Hbond substituents is 1. The molecule has 3 rings (SSSR count). The van der Waals surface area contributed by atoms with Gasteiger partial charge in [-0.1, -0.05) is 71.8 Å². The van der Waals surface area contributed by atoms with Crippen molar-refractivity contribution in [3.8, 4) is 16.9 Å². The van der Waals surface area contributed by atoms with Crippen LogP contribution in [0.25, 0.3) is 11.1 Å². The van der Waals surface area contributed by atoms with Crippen molar-refractivity contribution in [1.82, 2.24) is 0 Å². The molecule has 0 atom stereocenters. The zero-order chi connectivity index (χ0) is 16.7. The van der Waals surface area contributed by atoms with E-state index in [2.05, 4.69) is 31.2 Å². The smallest absolute Gasteiger partial charge is 0.150 e. The van der Waals surface area contributed by atoms with E-state index in [9.17, 15) is 4.79 Å². The third-order valence-electron chi connectivity index (χ3n) is 3.47. The van der Waals surface area contributed by atoms with E-state index in [-0.39, 0.29) is 0 Å². The van der Waals surface area contributed by atoms with Crippen LogP contribution in [-0.4, -0.2) is 11.4 Å². The second-order valence-electron chi connectivity index (χ2n) is 5.44.